The van der Waals surface area contributed by atoms with Crippen molar-refractivity contribution in [3.05, 3.63) is 37.2 Å². The van der Waals surface area contributed by atoms with Crippen LogP contribution in [0.1, 0.15) is 20.3 Å². The molecule has 0 aliphatic heterocycles. The lowest BCUT2D eigenvalue weighted by Crippen LogP contribution is -2.27. The standard InChI is InChI=1S/C17H23N5OS/c1-4-11-22-16(14-6-8-18-9-7-14)20-21-17(22)24-12-15(23)19-10-5-13(2)3/h4,6-9,13H,1,5,10-12H2,2-3H3,(H,19,23). The summed E-state index contributed by atoms with van der Waals surface area (Å²) in [4.78, 5) is 15.9. The van der Waals surface area contributed by atoms with Crippen molar-refractivity contribution in [2.45, 2.75) is 32.0 Å². The Balaban J connectivity index is 2.01. The second kappa shape index (κ2) is 9.22. The van der Waals surface area contributed by atoms with Gasteiger partial charge in [0.2, 0.25) is 5.91 Å². The normalized spacial score (nSPS) is 10.8. The Hall–Kier alpha value is -2.15. The number of amides is 1. The number of rotatable bonds is 9. The Labute approximate surface area is 146 Å². The maximum atomic E-state index is 11.9. The van der Waals surface area contributed by atoms with Gasteiger partial charge < -0.3 is 5.32 Å². The molecule has 2 heterocycles. The minimum atomic E-state index is 0.0132. The average Bonchev–Trinajstić information content (AvgIpc) is 2.96. The SMILES string of the molecule is C=CCn1c(SCC(=O)NCCC(C)C)nnc1-c1ccncc1. The molecule has 0 bridgehead atoms. The molecule has 2 rings (SSSR count). The molecule has 0 radical (unpaired) electrons. The first-order valence-electron chi connectivity index (χ1n) is 7.95. The van der Waals surface area contributed by atoms with Crippen LogP contribution in [-0.4, -0.2) is 38.0 Å². The summed E-state index contributed by atoms with van der Waals surface area (Å²) in [7, 11) is 0. The van der Waals surface area contributed by atoms with Crippen LogP contribution in [0.2, 0.25) is 0 Å². The van der Waals surface area contributed by atoms with Crippen LogP contribution in [0.5, 0.6) is 0 Å². The number of pyridine rings is 1. The highest BCUT2D eigenvalue weighted by atomic mass is 32.2. The number of carbonyl (C=O) groups excluding carboxylic acids is 1. The second-order valence-corrected chi connectivity index (χ2v) is 6.70. The van der Waals surface area contributed by atoms with Crippen LogP contribution in [0, 0.1) is 5.92 Å². The highest BCUT2D eigenvalue weighted by Gasteiger charge is 2.14. The number of aromatic nitrogens is 4. The lowest BCUT2D eigenvalue weighted by molar-refractivity contribution is -0.118. The second-order valence-electron chi connectivity index (χ2n) is 5.76. The molecule has 0 unspecified atom stereocenters. The summed E-state index contributed by atoms with van der Waals surface area (Å²) in [6, 6.07) is 3.77. The van der Waals surface area contributed by atoms with E-state index in [1.807, 2.05) is 16.7 Å². The molecule has 0 spiro atoms. The molecule has 6 nitrogen and oxygen atoms in total. The maximum absolute atomic E-state index is 11.9. The fourth-order valence-corrected chi connectivity index (χ4v) is 2.86. The summed E-state index contributed by atoms with van der Waals surface area (Å²) in [5.41, 5.74) is 0.938. The number of hydrogen-bond donors (Lipinski definition) is 1. The summed E-state index contributed by atoms with van der Waals surface area (Å²) in [5, 5.41) is 12.1. The number of allylic oxidation sites excluding steroid dienone is 1. The zero-order chi connectivity index (χ0) is 17.4. The van der Waals surface area contributed by atoms with E-state index in [0.717, 1.165) is 17.8 Å². The lowest BCUT2D eigenvalue weighted by Gasteiger charge is -2.08. The summed E-state index contributed by atoms with van der Waals surface area (Å²) in [6.45, 7) is 9.36. The van der Waals surface area contributed by atoms with Gasteiger partial charge in [-0.15, -0.1) is 16.8 Å². The van der Waals surface area contributed by atoms with Gasteiger partial charge in [-0.2, -0.15) is 0 Å². The van der Waals surface area contributed by atoms with Crippen molar-refractivity contribution in [3.63, 3.8) is 0 Å². The largest absolute Gasteiger partial charge is 0.355 e. The number of nitrogens with zero attached hydrogens (tertiary/aromatic N) is 4. The van der Waals surface area contributed by atoms with E-state index in [9.17, 15) is 4.79 Å². The van der Waals surface area contributed by atoms with Gasteiger partial charge in [0.15, 0.2) is 11.0 Å². The van der Waals surface area contributed by atoms with Crippen LogP contribution in [0.4, 0.5) is 0 Å². The van der Waals surface area contributed by atoms with Gasteiger partial charge in [0.25, 0.3) is 0 Å². The van der Waals surface area contributed by atoms with Crippen LogP contribution >= 0.6 is 11.8 Å². The van der Waals surface area contributed by atoms with E-state index in [2.05, 4.69) is 40.9 Å². The third-order valence-electron chi connectivity index (χ3n) is 3.34. The van der Waals surface area contributed by atoms with Crippen LogP contribution in [0.3, 0.4) is 0 Å². The Morgan fingerprint density at radius 2 is 2.12 bits per heavy atom. The van der Waals surface area contributed by atoms with Gasteiger partial charge in [-0.1, -0.05) is 31.7 Å². The van der Waals surface area contributed by atoms with Crippen LogP contribution < -0.4 is 5.32 Å². The molecule has 2 aromatic heterocycles. The molecule has 1 N–H and O–H groups in total. The topological polar surface area (TPSA) is 72.7 Å². The lowest BCUT2D eigenvalue weighted by atomic mass is 10.1. The molecule has 0 aromatic carbocycles. The fourth-order valence-electron chi connectivity index (χ4n) is 2.09. The van der Waals surface area contributed by atoms with Crippen molar-refractivity contribution < 1.29 is 4.79 Å². The van der Waals surface area contributed by atoms with Gasteiger partial charge in [0.05, 0.1) is 5.75 Å². The molecule has 7 heteroatoms. The summed E-state index contributed by atoms with van der Waals surface area (Å²) in [6.07, 6.45) is 6.21. The maximum Gasteiger partial charge on any atom is 0.230 e. The Morgan fingerprint density at radius 1 is 1.38 bits per heavy atom. The number of hydrogen-bond acceptors (Lipinski definition) is 5. The average molecular weight is 345 g/mol. The van der Waals surface area contributed by atoms with Crippen LogP contribution in [0.15, 0.2) is 42.3 Å². The number of thioether (sulfide) groups is 1. The smallest absolute Gasteiger partial charge is 0.230 e. The molecular formula is C17H23N5OS. The zero-order valence-electron chi connectivity index (χ0n) is 14.1. The predicted octanol–water partition coefficient (Wildman–Crippen LogP) is 2.78. The van der Waals surface area contributed by atoms with Gasteiger partial charge in [0.1, 0.15) is 0 Å². The molecular weight excluding hydrogens is 322 g/mol. The van der Waals surface area contributed by atoms with Crippen molar-refractivity contribution in [3.8, 4) is 11.4 Å². The highest BCUT2D eigenvalue weighted by Crippen LogP contribution is 2.23. The van der Waals surface area contributed by atoms with E-state index in [0.29, 0.717) is 29.9 Å². The van der Waals surface area contributed by atoms with Crippen molar-refractivity contribution in [2.24, 2.45) is 5.92 Å². The molecule has 128 valence electrons. The summed E-state index contributed by atoms with van der Waals surface area (Å²) in [5.74, 6) is 1.67. The zero-order valence-corrected chi connectivity index (χ0v) is 14.9. The van der Waals surface area contributed by atoms with Crippen molar-refractivity contribution in [1.82, 2.24) is 25.1 Å². The molecule has 0 fully saturated rings. The fraction of sp³-hybridized carbons (Fsp3) is 0.412. The third-order valence-corrected chi connectivity index (χ3v) is 4.31. The first-order chi connectivity index (χ1) is 11.6. The Morgan fingerprint density at radius 3 is 2.79 bits per heavy atom. The van der Waals surface area contributed by atoms with E-state index in [-0.39, 0.29) is 5.91 Å². The first kappa shape index (κ1) is 18.2. The minimum Gasteiger partial charge on any atom is -0.355 e. The van der Waals surface area contributed by atoms with Gasteiger partial charge in [-0.05, 0) is 24.5 Å². The monoisotopic (exact) mass is 345 g/mol. The van der Waals surface area contributed by atoms with E-state index in [1.165, 1.54) is 11.8 Å². The molecule has 0 saturated heterocycles. The van der Waals surface area contributed by atoms with E-state index < -0.39 is 0 Å². The van der Waals surface area contributed by atoms with Crippen molar-refractivity contribution >= 4 is 17.7 Å². The molecule has 0 saturated carbocycles. The molecule has 0 aliphatic rings. The van der Waals surface area contributed by atoms with Crippen molar-refractivity contribution in [1.29, 1.82) is 0 Å². The Bertz CT molecular complexity index is 669. The van der Waals surface area contributed by atoms with Gasteiger partial charge in [0, 0.05) is 31.0 Å². The molecule has 1 amide bonds. The Kier molecular flexibility index (Phi) is 6.99. The van der Waals surface area contributed by atoms with Crippen molar-refractivity contribution in [2.75, 3.05) is 12.3 Å². The predicted molar refractivity (Wildman–Crippen MR) is 96.6 cm³/mol. The summed E-state index contributed by atoms with van der Waals surface area (Å²) >= 11 is 1.38. The molecule has 0 atom stereocenters. The number of nitrogens with one attached hydrogen (secondary N) is 1. The summed E-state index contributed by atoms with van der Waals surface area (Å²) < 4.78 is 1.95. The van der Waals surface area contributed by atoms with Crippen LogP contribution in [-0.2, 0) is 11.3 Å². The number of carbonyl (C=O) groups is 1. The van der Waals surface area contributed by atoms with E-state index >= 15 is 0 Å². The molecule has 0 aliphatic carbocycles. The highest BCUT2D eigenvalue weighted by molar-refractivity contribution is 7.99. The minimum absolute atomic E-state index is 0.0132. The van der Waals surface area contributed by atoms with Gasteiger partial charge in [-0.25, -0.2) is 0 Å². The van der Waals surface area contributed by atoms with Gasteiger partial charge >= 0.3 is 0 Å². The molecule has 24 heavy (non-hydrogen) atoms. The van der Waals surface area contributed by atoms with Gasteiger partial charge in [-0.3, -0.25) is 14.3 Å². The molecule has 2 aromatic rings. The van der Waals surface area contributed by atoms with E-state index in [1.54, 1.807) is 18.5 Å². The van der Waals surface area contributed by atoms with Crippen LogP contribution in [0.25, 0.3) is 11.4 Å². The quantitative estimate of drug-likeness (QED) is 0.559. The first-order valence-corrected chi connectivity index (χ1v) is 8.94. The van der Waals surface area contributed by atoms with E-state index in [4.69, 9.17) is 0 Å². The third kappa shape index (κ3) is 5.19.